The lowest BCUT2D eigenvalue weighted by atomic mass is 9.88. The molecule has 3 fully saturated rings. The molecule has 126 valence electrons. The Hall–Kier alpha value is -1.22. The molecule has 23 heavy (non-hydrogen) atoms. The lowest BCUT2D eigenvalue weighted by Crippen LogP contribution is -2.48. The minimum Gasteiger partial charge on any atom is -0.492 e. The van der Waals surface area contributed by atoms with Crippen LogP contribution in [-0.2, 0) is 0 Å². The van der Waals surface area contributed by atoms with Crippen molar-refractivity contribution in [3.8, 4) is 5.75 Å². The molecule has 1 aromatic carbocycles. The van der Waals surface area contributed by atoms with E-state index in [1.54, 1.807) is 0 Å². The van der Waals surface area contributed by atoms with E-state index in [1.807, 2.05) is 0 Å². The first-order chi connectivity index (χ1) is 11.3. The third-order valence-corrected chi connectivity index (χ3v) is 6.26. The van der Waals surface area contributed by atoms with Gasteiger partial charge in [-0.2, -0.15) is 0 Å². The third kappa shape index (κ3) is 3.21. The van der Waals surface area contributed by atoms with Crippen LogP contribution < -0.4 is 9.64 Å². The van der Waals surface area contributed by atoms with Gasteiger partial charge in [-0.05, 0) is 56.1 Å². The second-order valence-electron chi connectivity index (χ2n) is 7.62. The van der Waals surface area contributed by atoms with Crippen LogP contribution in [0.5, 0.6) is 5.75 Å². The number of hydrogen-bond donors (Lipinski definition) is 0. The topological polar surface area (TPSA) is 15.7 Å². The molecule has 0 amide bonds. The van der Waals surface area contributed by atoms with E-state index in [2.05, 4.69) is 41.0 Å². The molecule has 0 aromatic heterocycles. The van der Waals surface area contributed by atoms with Crippen molar-refractivity contribution in [2.45, 2.75) is 32.6 Å². The summed E-state index contributed by atoms with van der Waals surface area (Å²) in [4.78, 5) is 5.22. The van der Waals surface area contributed by atoms with Crippen LogP contribution in [0.15, 0.2) is 24.3 Å². The highest BCUT2D eigenvalue weighted by molar-refractivity contribution is 5.58. The predicted molar refractivity (Wildman–Crippen MR) is 95.2 cm³/mol. The Kier molecular flexibility index (Phi) is 4.48. The molecule has 3 atom stereocenters. The zero-order valence-electron chi connectivity index (χ0n) is 14.4. The van der Waals surface area contributed by atoms with Crippen LogP contribution in [0.25, 0.3) is 0 Å². The number of hydrogen-bond acceptors (Lipinski definition) is 3. The smallest absolute Gasteiger partial charge is 0.142 e. The average molecular weight is 314 g/mol. The lowest BCUT2D eigenvalue weighted by molar-refractivity contribution is 0.181. The lowest BCUT2D eigenvalue weighted by Gasteiger charge is -2.38. The maximum absolute atomic E-state index is 5.80. The number of benzene rings is 1. The summed E-state index contributed by atoms with van der Waals surface area (Å²) in [6.45, 7) is 8.81. The summed E-state index contributed by atoms with van der Waals surface area (Å²) in [6.07, 6.45) is 6.07. The zero-order chi connectivity index (χ0) is 15.6. The Balaban J connectivity index is 1.32. The highest BCUT2D eigenvalue weighted by atomic mass is 16.5. The summed E-state index contributed by atoms with van der Waals surface area (Å²) in [5.74, 6) is 4.16. The van der Waals surface area contributed by atoms with Gasteiger partial charge in [0, 0.05) is 32.7 Å². The van der Waals surface area contributed by atoms with Gasteiger partial charge in [0.25, 0.3) is 0 Å². The number of anilines is 1. The number of piperazine rings is 1. The van der Waals surface area contributed by atoms with Crippen LogP contribution in [0.3, 0.4) is 0 Å². The fraction of sp³-hybridized carbons (Fsp3) is 0.700. The van der Waals surface area contributed by atoms with E-state index >= 15 is 0 Å². The normalized spacial score (nSPS) is 30.8. The molecule has 1 aromatic rings. The Bertz CT molecular complexity index is 524. The molecule has 2 saturated carbocycles. The summed E-state index contributed by atoms with van der Waals surface area (Å²) < 4.78 is 5.80. The number of rotatable bonds is 5. The van der Waals surface area contributed by atoms with Gasteiger partial charge in [-0.3, -0.25) is 4.90 Å². The van der Waals surface area contributed by atoms with Crippen molar-refractivity contribution in [2.75, 3.05) is 44.2 Å². The van der Waals surface area contributed by atoms with Crippen molar-refractivity contribution < 1.29 is 4.74 Å². The Morgan fingerprint density at radius 2 is 1.87 bits per heavy atom. The molecule has 1 saturated heterocycles. The molecule has 3 heteroatoms. The van der Waals surface area contributed by atoms with Crippen LogP contribution >= 0.6 is 0 Å². The standard InChI is InChI=1S/C20H30N2O/c1-2-23-20-6-4-3-5-19(20)22-11-9-21(10-12-22)15-18-14-16-7-8-17(18)13-16/h3-6,16-18H,2,7-15H2,1H3. The van der Waals surface area contributed by atoms with Crippen molar-refractivity contribution in [2.24, 2.45) is 17.8 Å². The molecule has 0 radical (unpaired) electrons. The Morgan fingerprint density at radius 1 is 1.04 bits per heavy atom. The van der Waals surface area contributed by atoms with E-state index in [4.69, 9.17) is 4.74 Å². The molecule has 3 unspecified atom stereocenters. The minimum atomic E-state index is 0.737. The van der Waals surface area contributed by atoms with E-state index in [0.717, 1.165) is 43.2 Å². The van der Waals surface area contributed by atoms with Crippen LogP contribution in [0.4, 0.5) is 5.69 Å². The first-order valence-electron chi connectivity index (χ1n) is 9.52. The second kappa shape index (κ2) is 6.72. The number of ether oxygens (including phenoxy) is 1. The van der Waals surface area contributed by atoms with Gasteiger partial charge in [-0.15, -0.1) is 0 Å². The van der Waals surface area contributed by atoms with Gasteiger partial charge in [-0.25, -0.2) is 0 Å². The zero-order valence-corrected chi connectivity index (χ0v) is 14.4. The minimum absolute atomic E-state index is 0.737. The molecular weight excluding hydrogens is 284 g/mol. The van der Waals surface area contributed by atoms with Crippen molar-refractivity contribution in [1.82, 2.24) is 4.90 Å². The van der Waals surface area contributed by atoms with E-state index in [-0.39, 0.29) is 0 Å². The number of para-hydroxylation sites is 2. The molecule has 2 bridgehead atoms. The second-order valence-corrected chi connectivity index (χ2v) is 7.62. The molecule has 0 N–H and O–H groups in total. The van der Waals surface area contributed by atoms with Crippen molar-refractivity contribution >= 4 is 5.69 Å². The molecular formula is C20H30N2O. The summed E-state index contributed by atoms with van der Waals surface area (Å²) in [5, 5.41) is 0. The van der Waals surface area contributed by atoms with Gasteiger partial charge in [0.1, 0.15) is 5.75 Å². The van der Waals surface area contributed by atoms with Crippen molar-refractivity contribution in [3.63, 3.8) is 0 Å². The highest BCUT2D eigenvalue weighted by Gasteiger charge is 2.40. The van der Waals surface area contributed by atoms with E-state index in [1.165, 1.54) is 51.0 Å². The van der Waals surface area contributed by atoms with Gasteiger partial charge in [0.05, 0.1) is 12.3 Å². The van der Waals surface area contributed by atoms with Gasteiger partial charge in [-0.1, -0.05) is 18.6 Å². The Morgan fingerprint density at radius 3 is 2.57 bits per heavy atom. The van der Waals surface area contributed by atoms with Gasteiger partial charge >= 0.3 is 0 Å². The number of fused-ring (bicyclic) bond motifs is 2. The van der Waals surface area contributed by atoms with Gasteiger partial charge in [0.15, 0.2) is 0 Å². The largest absolute Gasteiger partial charge is 0.492 e. The first-order valence-corrected chi connectivity index (χ1v) is 9.52. The summed E-state index contributed by atoms with van der Waals surface area (Å²) in [5.41, 5.74) is 1.27. The van der Waals surface area contributed by atoms with Crippen molar-refractivity contribution in [1.29, 1.82) is 0 Å². The monoisotopic (exact) mass is 314 g/mol. The first kappa shape index (κ1) is 15.3. The molecule has 1 heterocycles. The predicted octanol–water partition coefficient (Wildman–Crippen LogP) is 3.64. The summed E-state index contributed by atoms with van der Waals surface area (Å²) >= 11 is 0. The van der Waals surface area contributed by atoms with Crippen LogP contribution in [0.2, 0.25) is 0 Å². The van der Waals surface area contributed by atoms with E-state index in [9.17, 15) is 0 Å². The molecule has 3 aliphatic rings. The SMILES string of the molecule is CCOc1ccccc1N1CCN(CC2CC3CCC2C3)CC1. The third-order valence-electron chi connectivity index (χ3n) is 6.26. The van der Waals surface area contributed by atoms with Crippen molar-refractivity contribution in [3.05, 3.63) is 24.3 Å². The highest BCUT2D eigenvalue weighted by Crippen LogP contribution is 2.48. The van der Waals surface area contributed by atoms with Crippen LogP contribution in [0, 0.1) is 17.8 Å². The van der Waals surface area contributed by atoms with Crippen LogP contribution in [0.1, 0.15) is 32.6 Å². The Labute approximate surface area is 140 Å². The van der Waals surface area contributed by atoms with Gasteiger partial charge < -0.3 is 9.64 Å². The fourth-order valence-electron chi connectivity index (χ4n) is 5.10. The summed E-state index contributed by atoms with van der Waals surface area (Å²) in [7, 11) is 0. The maximum atomic E-state index is 5.80. The summed E-state index contributed by atoms with van der Waals surface area (Å²) in [6, 6.07) is 8.50. The molecule has 2 aliphatic carbocycles. The average Bonchev–Trinajstić information content (AvgIpc) is 3.19. The molecule has 3 nitrogen and oxygen atoms in total. The molecule has 0 spiro atoms. The molecule has 1 aliphatic heterocycles. The van der Waals surface area contributed by atoms with E-state index < -0.39 is 0 Å². The number of nitrogens with zero attached hydrogens (tertiary/aromatic N) is 2. The van der Waals surface area contributed by atoms with Gasteiger partial charge in [0.2, 0.25) is 0 Å². The molecule has 4 rings (SSSR count). The quantitative estimate of drug-likeness (QED) is 0.825. The van der Waals surface area contributed by atoms with E-state index in [0.29, 0.717) is 0 Å². The maximum Gasteiger partial charge on any atom is 0.142 e. The van der Waals surface area contributed by atoms with Crippen LogP contribution in [-0.4, -0.2) is 44.2 Å². The fourth-order valence-corrected chi connectivity index (χ4v) is 5.10.